The van der Waals surface area contributed by atoms with Crippen molar-refractivity contribution < 1.29 is 78.9 Å². The van der Waals surface area contributed by atoms with Crippen LogP contribution < -0.4 is 64.0 Å². The predicted octanol–water partition coefficient (Wildman–Crippen LogP) is -1.82. The van der Waals surface area contributed by atoms with Crippen molar-refractivity contribution in [1.29, 1.82) is 0 Å². The van der Waals surface area contributed by atoms with Gasteiger partial charge in [0.1, 0.15) is 13.1 Å². The van der Waals surface area contributed by atoms with Gasteiger partial charge in [0.05, 0.1) is 0 Å². The molecule has 156 valence electrons. The van der Waals surface area contributed by atoms with Crippen molar-refractivity contribution in [2.24, 2.45) is 0 Å². The summed E-state index contributed by atoms with van der Waals surface area (Å²) in [4.78, 5) is 35.1. The molecule has 1 aromatic heterocycles. The quantitative estimate of drug-likeness (QED) is 0.309. The molecule has 1 heterocycles. The van der Waals surface area contributed by atoms with E-state index in [2.05, 4.69) is 15.0 Å². The summed E-state index contributed by atoms with van der Waals surface area (Å²) in [5, 5.41) is 17.9. The number of carboxylic acids is 2. The second-order valence-electron chi connectivity index (χ2n) is 5.49. The van der Waals surface area contributed by atoms with E-state index in [4.69, 9.17) is 79.8 Å². The standard InChI is InChI=1S/C15H10Cl6N4O4.2Na/c16-14(17,18)12-22-11(23-13(24-12)15(19,20)21)7-1-3-8(4-2-7)25(5-9(26)27)6-10(28)29;;/h1-4H,5-6H2,(H,26,27)(H,28,29);;/q;2*+1. The zero-order valence-corrected chi connectivity index (χ0v) is 24.5. The van der Waals surface area contributed by atoms with Gasteiger partial charge in [-0.2, -0.15) is 0 Å². The number of aromatic nitrogens is 3. The van der Waals surface area contributed by atoms with Gasteiger partial charge in [0.2, 0.25) is 7.59 Å². The van der Waals surface area contributed by atoms with Crippen LogP contribution in [0.25, 0.3) is 11.4 Å². The Labute approximate surface area is 251 Å². The first kappa shape index (κ1) is 31.7. The number of nitrogens with zero attached hydrogens (tertiary/aromatic N) is 4. The Kier molecular flexibility index (Phi) is 13.3. The van der Waals surface area contributed by atoms with Gasteiger partial charge in [0.15, 0.2) is 17.5 Å². The summed E-state index contributed by atoms with van der Waals surface area (Å²) in [6, 6.07) is 5.97. The maximum absolute atomic E-state index is 11.0. The molecule has 0 aliphatic rings. The topological polar surface area (TPSA) is 117 Å². The molecular formula is C15H10Cl6N4Na2O4+2. The van der Waals surface area contributed by atoms with E-state index in [1.54, 1.807) is 0 Å². The Morgan fingerprint density at radius 2 is 1.16 bits per heavy atom. The van der Waals surface area contributed by atoms with Crippen molar-refractivity contribution in [2.45, 2.75) is 7.59 Å². The third-order valence-electron chi connectivity index (χ3n) is 3.29. The van der Waals surface area contributed by atoms with Crippen LogP contribution in [0.15, 0.2) is 24.3 Å². The van der Waals surface area contributed by atoms with Gasteiger partial charge in [0.25, 0.3) is 0 Å². The van der Waals surface area contributed by atoms with Crippen LogP contribution in [0.3, 0.4) is 0 Å². The number of carbonyl (C=O) groups is 2. The van der Waals surface area contributed by atoms with Crippen molar-refractivity contribution in [2.75, 3.05) is 18.0 Å². The molecule has 0 radical (unpaired) electrons. The minimum atomic E-state index is -2.01. The molecule has 0 aliphatic carbocycles. The summed E-state index contributed by atoms with van der Waals surface area (Å²) < 4.78 is -4.02. The SMILES string of the molecule is O=C(O)CN(CC(=O)O)c1ccc(-c2nc(C(Cl)(Cl)Cl)nc(C(Cl)(Cl)Cl)n2)cc1.[Na+].[Na+]. The Balaban J connectivity index is 0.00000450. The minimum Gasteiger partial charge on any atom is -0.480 e. The van der Waals surface area contributed by atoms with E-state index in [0.717, 1.165) is 4.90 Å². The van der Waals surface area contributed by atoms with Crippen LogP contribution in [-0.2, 0) is 17.2 Å². The van der Waals surface area contributed by atoms with Gasteiger partial charge >= 0.3 is 71.1 Å². The zero-order valence-electron chi connectivity index (χ0n) is 16.0. The van der Waals surface area contributed by atoms with E-state index in [1.807, 2.05) is 0 Å². The van der Waals surface area contributed by atoms with Crippen LogP contribution in [0.4, 0.5) is 5.69 Å². The monoisotopic (exact) mass is 566 g/mol. The number of hydrogen-bond donors (Lipinski definition) is 2. The number of carboxylic acid groups (broad SMARTS) is 2. The van der Waals surface area contributed by atoms with Gasteiger partial charge in [-0.15, -0.1) is 0 Å². The Bertz CT molecular complexity index is 877. The van der Waals surface area contributed by atoms with Crippen LogP contribution in [0.2, 0.25) is 0 Å². The van der Waals surface area contributed by atoms with Crippen LogP contribution in [0.5, 0.6) is 0 Å². The third kappa shape index (κ3) is 9.84. The first-order valence-electron chi connectivity index (χ1n) is 7.47. The number of anilines is 1. The van der Waals surface area contributed by atoms with Crippen molar-refractivity contribution in [1.82, 2.24) is 15.0 Å². The fourth-order valence-electron chi connectivity index (χ4n) is 2.14. The molecule has 1 aromatic carbocycles. The second-order valence-corrected chi connectivity index (χ2v) is 10.1. The number of benzene rings is 1. The Morgan fingerprint density at radius 3 is 1.48 bits per heavy atom. The fourth-order valence-corrected chi connectivity index (χ4v) is 2.65. The van der Waals surface area contributed by atoms with E-state index < -0.39 is 32.6 Å². The van der Waals surface area contributed by atoms with Crippen molar-refractivity contribution >= 4 is 87.2 Å². The molecule has 0 saturated carbocycles. The van der Waals surface area contributed by atoms with Crippen LogP contribution in [-0.4, -0.2) is 50.2 Å². The van der Waals surface area contributed by atoms with E-state index in [0.29, 0.717) is 11.3 Å². The predicted molar refractivity (Wildman–Crippen MR) is 111 cm³/mol. The van der Waals surface area contributed by atoms with Crippen molar-refractivity contribution in [3.8, 4) is 11.4 Å². The van der Waals surface area contributed by atoms with Crippen LogP contribution >= 0.6 is 69.6 Å². The van der Waals surface area contributed by atoms with E-state index in [1.165, 1.54) is 24.3 Å². The van der Waals surface area contributed by atoms with E-state index in [-0.39, 0.29) is 76.6 Å². The number of aliphatic carboxylic acids is 2. The summed E-state index contributed by atoms with van der Waals surface area (Å²) >= 11 is 35.0. The molecule has 0 amide bonds. The average molecular weight is 569 g/mol. The van der Waals surface area contributed by atoms with Crippen molar-refractivity contribution in [3.05, 3.63) is 35.9 Å². The largest absolute Gasteiger partial charge is 1.00 e. The molecule has 0 bridgehead atoms. The summed E-state index contributed by atoms with van der Waals surface area (Å²) in [6.07, 6.45) is 0. The van der Waals surface area contributed by atoms with Gasteiger partial charge in [-0.25, -0.2) is 15.0 Å². The summed E-state index contributed by atoms with van der Waals surface area (Å²) in [6.45, 7) is -1.02. The number of rotatable bonds is 6. The number of halogens is 6. The average Bonchev–Trinajstić information content (AvgIpc) is 2.58. The molecule has 2 N–H and O–H groups in total. The van der Waals surface area contributed by atoms with Crippen molar-refractivity contribution in [3.63, 3.8) is 0 Å². The first-order chi connectivity index (χ1) is 13.3. The maximum atomic E-state index is 11.0. The Hall–Kier alpha value is 0.710. The number of hydrogen-bond acceptors (Lipinski definition) is 6. The van der Waals surface area contributed by atoms with Gasteiger partial charge in [-0.05, 0) is 24.3 Å². The molecule has 0 fully saturated rings. The van der Waals surface area contributed by atoms with Gasteiger partial charge < -0.3 is 15.1 Å². The summed E-state index contributed by atoms with van der Waals surface area (Å²) in [5.74, 6) is -2.88. The molecule has 0 unspecified atom stereocenters. The van der Waals surface area contributed by atoms with E-state index >= 15 is 0 Å². The van der Waals surface area contributed by atoms with Gasteiger partial charge in [0, 0.05) is 11.3 Å². The molecule has 0 spiro atoms. The van der Waals surface area contributed by atoms with Crippen LogP contribution in [0, 0.1) is 0 Å². The van der Waals surface area contributed by atoms with Gasteiger partial charge in [-0.3, -0.25) is 9.59 Å². The molecule has 0 atom stereocenters. The molecule has 2 aromatic rings. The molecule has 0 aliphatic heterocycles. The third-order valence-corrected chi connectivity index (χ3v) is 4.30. The molecule has 16 heteroatoms. The smallest absolute Gasteiger partial charge is 0.480 e. The minimum absolute atomic E-state index is 0. The van der Waals surface area contributed by atoms with Gasteiger partial charge in [-0.1, -0.05) is 69.6 Å². The second kappa shape index (κ2) is 13.0. The molecule has 2 rings (SSSR count). The molecular weight excluding hydrogens is 559 g/mol. The molecule has 31 heavy (non-hydrogen) atoms. The van der Waals surface area contributed by atoms with Crippen LogP contribution in [0.1, 0.15) is 11.6 Å². The number of alkyl halides is 6. The summed E-state index contributed by atoms with van der Waals surface area (Å²) in [7, 11) is 0. The normalized spacial score (nSPS) is 11.2. The maximum Gasteiger partial charge on any atom is 1.00 e. The first-order valence-corrected chi connectivity index (χ1v) is 9.73. The Morgan fingerprint density at radius 1 is 0.774 bits per heavy atom. The zero-order chi connectivity index (χ0) is 22.0. The van der Waals surface area contributed by atoms with E-state index in [9.17, 15) is 9.59 Å². The molecule has 8 nitrogen and oxygen atoms in total. The molecule has 0 saturated heterocycles. The summed E-state index contributed by atoms with van der Waals surface area (Å²) in [5.41, 5.74) is 0.739. The fraction of sp³-hybridized carbons (Fsp3) is 0.267.